The number of hydrogen-bond donors (Lipinski definition) is 1. The molecule has 0 fully saturated rings. The van der Waals surface area contributed by atoms with Crippen molar-refractivity contribution in [3.05, 3.63) is 47.5 Å². The number of phenols is 1. The Morgan fingerprint density at radius 3 is 2.78 bits per heavy atom. The summed E-state index contributed by atoms with van der Waals surface area (Å²) in [5.41, 5.74) is 3.48. The third kappa shape index (κ3) is 1.96. The number of nitrogens with zero attached hydrogens (tertiary/aromatic N) is 2. The van der Waals surface area contributed by atoms with E-state index in [-0.39, 0.29) is 17.7 Å². The van der Waals surface area contributed by atoms with Gasteiger partial charge in [0.15, 0.2) is 11.5 Å². The van der Waals surface area contributed by atoms with E-state index in [0.29, 0.717) is 11.3 Å². The van der Waals surface area contributed by atoms with Gasteiger partial charge in [-0.2, -0.15) is 0 Å². The van der Waals surface area contributed by atoms with Crippen LogP contribution in [0.1, 0.15) is 15.9 Å². The molecule has 4 rings (SSSR count). The first kappa shape index (κ1) is 13.9. The molecule has 0 bridgehead atoms. The number of benzene rings is 2. The number of amides is 1. The minimum absolute atomic E-state index is 0.0439. The molecule has 0 saturated heterocycles. The maximum absolute atomic E-state index is 13.2. The Labute approximate surface area is 134 Å². The van der Waals surface area contributed by atoms with Gasteiger partial charge in [0.1, 0.15) is 0 Å². The molecule has 0 radical (unpaired) electrons. The van der Waals surface area contributed by atoms with Crippen molar-refractivity contribution < 1.29 is 14.6 Å². The van der Waals surface area contributed by atoms with Crippen LogP contribution >= 0.6 is 0 Å². The number of para-hydroxylation sites is 1. The molecule has 2 aromatic rings. The minimum atomic E-state index is -0.0439. The molecule has 1 amide bonds. The Hall–Kier alpha value is -2.69. The second kappa shape index (κ2) is 4.91. The number of aromatic hydroxyl groups is 1. The lowest BCUT2D eigenvalue weighted by molar-refractivity contribution is 0.0983. The van der Waals surface area contributed by atoms with Crippen LogP contribution in [0.2, 0.25) is 0 Å². The molecule has 2 aliphatic rings. The maximum atomic E-state index is 13.2. The fraction of sp³-hybridized carbons (Fsp3) is 0.278. The number of ether oxygens (including phenoxy) is 1. The van der Waals surface area contributed by atoms with E-state index >= 15 is 0 Å². The van der Waals surface area contributed by atoms with Gasteiger partial charge in [-0.25, -0.2) is 0 Å². The average molecular weight is 310 g/mol. The van der Waals surface area contributed by atoms with Crippen LogP contribution in [0, 0.1) is 0 Å². The largest absolute Gasteiger partial charge is 0.504 e. The third-order valence-corrected chi connectivity index (χ3v) is 4.71. The lowest BCUT2D eigenvalue weighted by Gasteiger charge is -2.25. The second-order valence-corrected chi connectivity index (χ2v) is 6.08. The van der Waals surface area contributed by atoms with Crippen molar-refractivity contribution in [2.24, 2.45) is 0 Å². The van der Waals surface area contributed by atoms with Gasteiger partial charge >= 0.3 is 0 Å². The fourth-order valence-electron chi connectivity index (χ4n) is 3.63. The molecule has 2 aliphatic heterocycles. The van der Waals surface area contributed by atoms with E-state index < -0.39 is 0 Å². The Kier molecular flexibility index (Phi) is 2.98. The Bertz CT molecular complexity index is 803. The lowest BCUT2D eigenvalue weighted by atomic mass is 10.1. The molecule has 23 heavy (non-hydrogen) atoms. The van der Waals surface area contributed by atoms with Crippen molar-refractivity contribution in [3.8, 4) is 11.5 Å². The monoisotopic (exact) mass is 310 g/mol. The molecular formula is C18H18N2O3. The molecular weight excluding hydrogens is 292 g/mol. The predicted molar refractivity (Wildman–Crippen MR) is 88.7 cm³/mol. The Morgan fingerprint density at radius 1 is 1.22 bits per heavy atom. The molecule has 0 aromatic heterocycles. The van der Waals surface area contributed by atoms with E-state index in [0.717, 1.165) is 24.3 Å². The molecule has 118 valence electrons. The van der Waals surface area contributed by atoms with E-state index in [1.165, 1.54) is 12.7 Å². The van der Waals surface area contributed by atoms with Crippen molar-refractivity contribution in [1.29, 1.82) is 0 Å². The number of anilines is 2. The molecule has 2 heterocycles. The normalized spacial score (nSPS) is 19.0. The number of carbonyl (C=O) groups excluding carboxylic acids is 1. The van der Waals surface area contributed by atoms with Crippen molar-refractivity contribution in [2.45, 2.75) is 12.5 Å². The highest BCUT2D eigenvalue weighted by atomic mass is 16.5. The smallest absolute Gasteiger partial charge is 0.260 e. The summed E-state index contributed by atoms with van der Waals surface area (Å²) in [6.45, 7) is 0.721. The summed E-state index contributed by atoms with van der Waals surface area (Å²) >= 11 is 0. The zero-order valence-corrected chi connectivity index (χ0v) is 13.1. The highest BCUT2D eigenvalue weighted by molar-refractivity contribution is 6.12. The third-order valence-electron chi connectivity index (χ3n) is 4.71. The van der Waals surface area contributed by atoms with Gasteiger partial charge in [-0.1, -0.05) is 18.2 Å². The van der Waals surface area contributed by atoms with Crippen molar-refractivity contribution in [2.75, 3.05) is 30.5 Å². The van der Waals surface area contributed by atoms with E-state index in [4.69, 9.17) is 4.74 Å². The first-order valence-corrected chi connectivity index (χ1v) is 7.63. The lowest BCUT2D eigenvalue weighted by Crippen LogP contribution is -2.41. The standard InChI is InChI=1S/C18H18N2O3/c1-19-10-12-7-11-5-3-4-6-14(11)20(12)18(22)13-8-17(23-2)16(21)9-15(13)19/h3-6,8-9,12,21H,7,10H2,1-2H3/t12-/m0/s1. The van der Waals surface area contributed by atoms with Gasteiger partial charge in [0.25, 0.3) is 5.91 Å². The van der Waals surface area contributed by atoms with E-state index in [1.807, 2.05) is 35.0 Å². The van der Waals surface area contributed by atoms with Gasteiger partial charge in [-0.15, -0.1) is 0 Å². The molecule has 0 saturated carbocycles. The molecule has 2 aromatic carbocycles. The predicted octanol–water partition coefficient (Wildman–Crippen LogP) is 2.42. The number of fused-ring (bicyclic) bond motifs is 4. The minimum Gasteiger partial charge on any atom is -0.504 e. The van der Waals surface area contributed by atoms with Gasteiger partial charge in [0.05, 0.1) is 24.4 Å². The fourth-order valence-corrected chi connectivity index (χ4v) is 3.63. The summed E-state index contributed by atoms with van der Waals surface area (Å²) in [4.78, 5) is 17.1. The average Bonchev–Trinajstić information content (AvgIpc) is 2.87. The van der Waals surface area contributed by atoms with Gasteiger partial charge in [0, 0.05) is 25.3 Å². The van der Waals surface area contributed by atoms with Crippen molar-refractivity contribution in [3.63, 3.8) is 0 Å². The summed E-state index contributed by atoms with van der Waals surface area (Å²) in [5, 5.41) is 10.0. The number of likely N-dealkylation sites (N-methyl/N-ethyl adjacent to an activating group) is 1. The number of phenolic OH excluding ortho intramolecular Hbond substituents is 1. The van der Waals surface area contributed by atoms with Crippen LogP contribution in [-0.2, 0) is 6.42 Å². The van der Waals surface area contributed by atoms with Crippen LogP contribution in [-0.4, -0.2) is 37.8 Å². The van der Waals surface area contributed by atoms with Crippen LogP contribution in [0.5, 0.6) is 11.5 Å². The summed E-state index contributed by atoms with van der Waals surface area (Å²) < 4.78 is 5.18. The van der Waals surface area contributed by atoms with Crippen LogP contribution < -0.4 is 14.5 Å². The Morgan fingerprint density at radius 2 is 2.00 bits per heavy atom. The zero-order valence-electron chi connectivity index (χ0n) is 13.1. The number of rotatable bonds is 1. The van der Waals surface area contributed by atoms with Gasteiger partial charge < -0.3 is 19.6 Å². The zero-order chi connectivity index (χ0) is 16.1. The first-order valence-electron chi connectivity index (χ1n) is 7.63. The maximum Gasteiger partial charge on any atom is 0.260 e. The molecule has 0 aliphatic carbocycles. The summed E-state index contributed by atoms with van der Waals surface area (Å²) in [7, 11) is 3.44. The molecule has 1 atom stereocenters. The van der Waals surface area contributed by atoms with Gasteiger partial charge in [-0.05, 0) is 24.1 Å². The van der Waals surface area contributed by atoms with E-state index in [1.54, 1.807) is 12.1 Å². The highest BCUT2D eigenvalue weighted by Crippen LogP contribution is 2.41. The molecule has 5 nitrogen and oxygen atoms in total. The Balaban J connectivity index is 1.89. The van der Waals surface area contributed by atoms with Crippen LogP contribution in [0.15, 0.2) is 36.4 Å². The van der Waals surface area contributed by atoms with Crippen molar-refractivity contribution >= 4 is 17.3 Å². The second-order valence-electron chi connectivity index (χ2n) is 6.08. The highest BCUT2D eigenvalue weighted by Gasteiger charge is 2.39. The number of hydrogen-bond acceptors (Lipinski definition) is 4. The summed E-state index contributed by atoms with van der Waals surface area (Å²) in [6, 6.07) is 11.4. The summed E-state index contributed by atoms with van der Waals surface area (Å²) in [5.74, 6) is 0.322. The van der Waals surface area contributed by atoms with Crippen LogP contribution in [0.25, 0.3) is 0 Å². The van der Waals surface area contributed by atoms with Gasteiger partial charge in [0.2, 0.25) is 0 Å². The quantitative estimate of drug-likeness (QED) is 0.879. The van der Waals surface area contributed by atoms with E-state index in [2.05, 4.69) is 6.07 Å². The van der Waals surface area contributed by atoms with E-state index in [9.17, 15) is 9.90 Å². The summed E-state index contributed by atoms with van der Waals surface area (Å²) in [6.07, 6.45) is 0.851. The SMILES string of the molecule is COc1cc2c(cc1O)N(C)C[C@@H]1Cc3ccccc3N1C2=O. The van der Waals surface area contributed by atoms with Crippen LogP contribution in [0.3, 0.4) is 0 Å². The van der Waals surface area contributed by atoms with Crippen LogP contribution in [0.4, 0.5) is 11.4 Å². The molecule has 5 heteroatoms. The molecule has 1 N–H and O–H groups in total. The number of carbonyl (C=O) groups is 1. The van der Waals surface area contributed by atoms with Gasteiger partial charge in [-0.3, -0.25) is 4.79 Å². The van der Waals surface area contributed by atoms with Crippen molar-refractivity contribution in [1.82, 2.24) is 0 Å². The molecule has 0 unspecified atom stereocenters. The molecule has 0 spiro atoms. The first-order chi connectivity index (χ1) is 11.1. The topological polar surface area (TPSA) is 53.0 Å². The number of methoxy groups -OCH3 is 1.